The molecule has 9 heavy (non-hydrogen) atoms. The molecule has 0 aliphatic heterocycles. The van der Waals surface area contributed by atoms with Gasteiger partial charge in [0.2, 0.25) is 0 Å². The molecule has 0 spiro atoms. The highest BCUT2D eigenvalue weighted by Crippen LogP contribution is 1.79. The van der Waals surface area contributed by atoms with Gasteiger partial charge in [0.1, 0.15) is 0 Å². The lowest BCUT2D eigenvalue weighted by molar-refractivity contribution is 1.42. The molecule has 0 unspecified atom stereocenters. The Kier molecular flexibility index (Phi) is 5.93. The first-order chi connectivity index (χ1) is 4.41. The van der Waals surface area contributed by atoms with Gasteiger partial charge < -0.3 is 0 Å². The highest BCUT2D eigenvalue weighted by Gasteiger charge is 1.57. The summed E-state index contributed by atoms with van der Waals surface area (Å²) in [5.41, 5.74) is 0. The second-order valence-electron chi connectivity index (χ2n) is 1.34. The maximum absolute atomic E-state index is 8.56. The topological polar surface area (TPSA) is 29.4 Å². The van der Waals surface area contributed by atoms with Crippen LogP contribution in [0.5, 0.6) is 0 Å². The van der Waals surface area contributed by atoms with Gasteiger partial charge in [-0.25, -0.2) is 0 Å². The fourth-order valence-corrected chi connectivity index (χ4v) is 0.385. The van der Waals surface area contributed by atoms with Crippen molar-refractivity contribution in [3.05, 3.63) is 41.3 Å². The van der Waals surface area contributed by atoms with Crippen LogP contribution >= 0.6 is 0 Å². The van der Waals surface area contributed by atoms with Crippen molar-refractivity contribution >= 4 is 0 Å². The summed E-state index contributed by atoms with van der Waals surface area (Å²) in [5.74, 6) is 0. The molecule has 0 bridgehead atoms. The Bertz CT molecular complexity index is 112. The molecule has 1 aromatic carbocycles. The predicted molar refractivity (Wildman–Crippen MR) is 38.2 cm³/mol. The lowest BCUT2D eigenvalue weighted by atomic mass is 10.4. The number of hydrogen-bond donors (Lipinski definition) is 0. The summed E-state index contributed by atoms with van der Waals surface area (Å²) in [6, 6.07) is 12.0. The Labute approximate surface area is 54.5 Å². The average Bonchev–Trinajstić information content (AvgIpc) is 1.93. The normalized spacial score (nSPS) is 6.78. The Balaban J connectivity index is 0.000000187. The van der Waals surface area contributed by atoms with Crippen LogP contribution in [0.15, 0.2) is 41.6 Å². The molecule has 0 saturated carbocycles. The van der Waals surface area contributed by atoms with Crippen LogP contribution in [0.2, 0.25) is 0 Å². The molecule has 0 aliphatic rings. The molecule has 0 saturated heterocycles. The molecule has 0 fully saturated rings. The Morgan fingerprint density at radius 1 is 0.889 bits per heavy atom. The molecular formula is C7H9NO. The standard InChI is InChI=1S/C6H6.CH3NO/c1-2-4-6-5-3-1;1-2-3/h1-6H;1H3. The number of benzene rings is 1. The lowest BCUT2D eigenvalue weighted by Crippen LogP contribution is -1.47. The first-order valence-corrected chi connectivity index (χ1v) is 2.63. The predicted octanol–water partition coefficient (Wildman–Crippen LogP) is 2.07. The smallest absolute Gasteiger partial charge is 0.0700 e. The van der Waals surface area contributed by atoms with Crippen molar-refractivity contribution in [3.8, 4) is 0 Å². The molecule has 0 atom stereocenters. The van der Waals surface area contributed by atoms with Crippen LogP contribution < -0.4 is 0 Å². The molecule has 0 heterocycles. The Morgan fingerprint density at radius 2 is 1.00 bits per heavy atom. The quantitative estimate of drug-likeness (QED) is 0.485. The van der Waals surface area contributed by atoms with E-state index in [1.54, 1.807) is 0 Å². The number of hydrogen-bond acceptors (Lipinski definition) is 2. The Morgan fingerprint density at radius 3 is 1.11 bits per heavy atom. The molecule has 0 aromatic heterocycles. The minimum atomic E-state index is 1.19. The summed E-state index contributed by atoms with van der Waals surface area (Å²) in [7, 11) is 1.19. The molecule has 2 nitrogen and oxygen atoms in total. The summed E-state index contributed by atoms with van der Waals surface area (Å²) in [4.78, 5) is 8.56. The summed E-state index contributed by atoms with van der Waals surface area (Å²) in [5, 5.41) is 2.25. The Hall–Kier alpha value is -1.18. The minimum Gasteiger partial charge on any atom is -0.151 e. The van der Waals surface area contributed by atoms with Gasteiger partial charge in [-0.3, -0.25) is 0 Å². The third-order valence-corrected chi connectivity index (χ3v) is 0.667. The van der Waals surface area contributed by atoms with Gasteiger partial charge in [0.15, 0.2) is 0 Å². The fourth-order valence-electron chi connectivity index (χ4n) is 0.385. The zero-order chi connectivity index (χ0) is 6.95. The summed E-state index contributed by atoms with van der Waals surface area (Å²) in [6.07, 6.45) is 0. The molecule has 1 aromatic rings. The largest absolute Gasteiger partial charge is 0.151 e. The SMILES string of the molecule is CN=O.c1ccccc1. The molecule has 0 N–H and O–H groups in total. The van der Waals surface area contributed by atoms with Crippen LogP contribution in [0.4, 0.5) is 0 Å². The van der Waals surface area contributed by atoms with Gasteiger partial charge in [0.25, 0.3) is 0 Å². The highest BCUT2D eigenvalue weighted by molar-refractivity contribution is 4.99. The van der Waals surface area contributed by atoms with Crippen molar-refractivity contribution in [2.24, 2.45) is 5.18 Å². The van der Waals surface area contributed by atoms with Crippen LogP contribution in [0.3, 0.4) is 0 Å². The zero-order valence-corrected chi connectivity index (χ0v) is 5.32. The maximum atomic E-state index is 8.56. The molecular weight excluding hydrogens is 114 g/mol. The second kappa shape index (κ2) is 6.82. The van der Waals surface area contributed by atoms with E-state index in [0.717, 1.165) is 0 Å². The van der Waals surface area contributed by atoms with Crippen LogP contribution in [-0.2, 0) is 0 Å². The summed E-state index contributed by atoms with van der Waals surface area (Å²) >= 11 is 0. The molecule has 0 amide bonds. The summed E-state index contributed by atoms with van der Waals surface area (Å²) in [6.45, 7) is 0. The fraction of sp³-hybridized carbons (Fsp3) is 0.143. The van der Waals surface area contributed by atoms with Crippen molar-refractivity contribution in [1.82, 2.24) is 0 Å². The van der Waals surface area contributed by atoms with Gasteiger partial charge in [0, 0.05) is 0 Å². The third-order valence-electron chi connectivity index (χ3n) is 0.667. The van der Waals surface area contributed by atoms with Gasteiger partial charge in [-0.1, -0.05) is 41.6 Å². The van der Waals surface area contributed by atoms with E-state index in [1.165, 1.54) is 7.05 Å². The highest BCUT2D eigenvalue weighted by atomic mass is 16.2. The molecule has 0 radical (unpaired) electrons. The van der Waals surface area contributed by atoms with E-state index in [4.69, 9.17) is 4.91 Å². The lowest BCUT2D eigenvalue weighted by Gasteiger charge is -1.69. The van der Waals surface area contributed by atoms with E-state index in [1.807, 2.05) is 36.4 Å². The van der Waals surface area contributed by atoms with Crippen molar-refractivity contribution in [1.29, 1.82) is 0 Å². The van der Waals surface area contributed by atoms with E-state index in [0.29, 0.717) is 0 Å². The van der Waals surface area contributed by atoms with Gasteiger partial charge in [0.05, 0.1) is 7.05 Å². The second-order valence-corrected chi connectivity index (χ2v) is 1.34. The van der Waals surface area contributed by atoms with Crippen LogP contribution in [0.25, 0.3) is 0 Å². The zero-order valence-electron chi connectivity index (χ0n) is 5.32. The van der Waals surface area contributed by atoms with E-state index in [-0.39, 0.29) is 0 Å². The van der Waals surface area contributed by atoms with Crippen molar-refractivity contribution in [2.75, 3.05) is 7.05 Å². The molecule has 2 heteroatoms. The van der Waals surface area contributed by atoms with Crippen molar-refractivity contribution in [3.63, 3.8) is 0 Å². The van der Waals surface area contributed by atoms with Crippen LogP contribution in [0, 0.1) is 4.91 Å². The molecule has 48 valence electrons. The van der Waals surface area contributed by atoms with Crippen LogP contribution in [-0.4, -0.2) is 7.05 Å². The van der Waals surface area contributed by atoms with Gasteiger partial charge in [-0.15, -0.1) is 0 Å². The molecule has 1 rings (SSSR count). The van der Waals surface area contributed by atoms with E-state index < -0.39 is 0 Å². The average molecular weight is 123 g/mol. The van der Waals surface area contributed by atoms with E-state index >= 15 is 0 Å². The van der Waals surface area contributed by atoms with Gasteiger partial charge in [-0.2, -0.15) is 4.91 Å². The number of nitroso groups, excluding NO2 is 1. The first kappa shape index (κ1) is 7.82. The monoisotopic (exact) mass is 123 g/mol. The van der Waals surface area contributed by atoms with E-state index in [2.05, 4.69) is 5.18 Å². The van der Waals surface area contributed by atoms with Crippen LogP contribution in [0.1, 0.15) is 0 Å². The maximum Gasteiger partial charge on any atom is 0.0700 e. The van der Waals surface area contributed by atoms with Gasteiger partial charge in [-0.05, 0) is 0 Å². The van der Waals surface area contributed by atoms with E-state index in [9.17, 15) is 0 Å². The summed E-state index contributed by atoms with van der Waals surface area (Å²) < 4.78 is 0. The number of rotatable bonds is 0. The van der Waals surface area contributed by atoms with Crippen molar-refractivity contribution in [2.45, 2.75) is 0 Å². The van der Waals surface area contributed by atoms with Gasteiger partial charge >= 0.3 is 0 Å². The number of nitrogens with zero attached hydrogens (tertiary/aromatic N) is 1. The molecule has 0 aliphatic carbocycles. The first-order valence-electron chi connectivity index (χ1n) is 2.63. The minimum absolute atomic E-state index is 1.19. The van der Waals surface area contributed by atoms with Crippen molar-refractivity contribution < 1.29 is 0 Å². The third kappa shape index (κ3) is 6.82.